The second-order valence-corrected chi connectivity index (χ2v) is 19.5. The Hall–Kier alpha value is -3.57. The molecular weight excluding hydrogens is 848 g/mol. The van der Waals surface area contributed by atoms with Gasteiger partial charge in [0, 0.05) is 75.4 Å². The van der Waals surface area contributed by atoms with Crippen LogP contribution in [-0.2, 0) is 27.6 Å². The zero-order valence-corrected chi connectivity index (χ0v) is 37.7. The fourth-order valence-corrected chi connectivity index (χ4v) is 9.39. The monoisotopic (exact) mass is 904 g/mol. The first kappa shape index (κ1) is 44.0. The standard InChI is InChI=1S/C41H58BrClN8O6S/c1-41(2,3)57-40(52)46-33-25-28(34(26-36(33)55-5)50-17-14-29(15-18-50)49-22-20-48(4)21-23-49)11-9-7-8-10-24-56-35-13-12-32(45-38-31(42)27-44-39(43)47-38)37-30(35)16-19-51(37)58(6,53)54/h12-13,25-27,29H,7-11,14-24H2,1-6H3,(H,46,52)(H,44,45,47). The van der Waals surface area contributed by atoms with Crippen molar-refractivity contribution in [2.75, 3.05) is 92.7 Å². The normalized spacial score (nSPS) is 17.0. The Labute approximate surface area is 357 Å². The van der Waals surface area contributed by atoms with Gasteiger partial charge in [0.15, 0.2) is 0 Å². The minimum atomic E-state index is -3.54. The number of unbranched alkanes of at least 4 members (excludes halogenated alkanes) is 3. The zero-order valence-electron chi connectivity index (χ0n) is 34.6. The summed E-state index contributed by atoms with van der Waals surface area (Å²) < 4.78 is 45.3. The lowest BCUT2D eigenvalue weighted by Gasteiger charge is -2.43. The molecule has 3 aliphatic heterocycles. The van der Waals surface area contributed by atoms with Crippen LogP contribution in [0.1, 0.15) is 70.4 Å². The largest absolute Gasteiger partial charge is 0.494 e. The maximum Gasteiger partial charge on any atom is 0.412 e. The molecule has 0 bridgehead atoms. The topological polar surface area (TPSA) is 142 Å². The van der Waals surface area contributed by atoms with Crippen molar-refractivity contribution in [1.29, 1.82) is 0 Å². The number of anilines is 5. The molecule has 0 aliphatic carbocycles. The molecule has 2 fully saturated rings. The van der Waals surface area contributed by atoms with Crippen LogP contribution in [0.15, 0.2) is 34.9 Å². The quantitative estimate of drug-likeness (QED) is 0.114. The number of carbonyl (C=O) groups excluding carboxylic acids is 1. The van der Waals surface area contributed by atoms with Crippen LogP contribution in [0.2, 0.25) is 5.28 Å². The van der Waals surface area contributed by atoms with Crippen LogP contribution < -0.4 is 29.3 Å². The minimum Gasteiger partial charge on any atom is -0.494 e. The number of methoxy groups -OCH3 is 1. The van der Waals surface area contributed by atoms with E-state index in [9.17, 15) is 13.2 Å². The van der Waals surface area contributed by atoms with Gasteiger partial charge in [-0.2, -0.15) is 4.98 Å². The maximum atomic E-state index is 12.8. The summed E-state index contributed by atoms with van der Waals surface area (Å²) in [5.74, 6) is 1.72. The van der Waals surface area contributed by atoms with E-state index >= 15 is 0 Å². The van der Waals surface area contributed by atoms with E-state index in [4.69, 9.17) is 25.8 Å². The Bertz CT molecular complexity index is 2020. The number of aryl methyl sites for hydroxylation is 1. The number of hydrogen-bond acceptors (Lipinski definition) is 12. The summed E-state index contributed by atoms with van der Waals surface area (Å²) in [4.78, 5) is 28.6. The summed E-state index contributed by atoms with van der Waals surface area (Å²) in [6.45, 7) is 12.8. The highest BCUT2D eigenvalue weighted by atomic mass is 79.9. The molecule has 17 heteroatoms. The van der Waals surface area contributed by atoms with Gasteiger partial charge in [0.05, 0.1) is 41.5 Å². The predicted octanol–water partition coefficient (Wildman–Crippen LogP) is 7.71. The second kappa shape index (κ2) is 19.2. The summed E-state index contributed by atoms with van der Waals surface area (Å²) in [5, 5.41) is 6.24. The van der Waals surface area contributed by atoms with Crippen molar-refractivity contribution in [3.05, 3.63) is 51.3 Å². The molecule has 4 heterocycles. The molecule has 0 radical (unpaired) electrons. The average molecular weight is 906 g/mol. The molecule has 58 heavy (non-hydrogen) atoms. The van der Waals surface area contributed by atoms with E-state index in [1.54, 1.807) is 13.3 Å². The lowest BCUT2D eigenvalue weighted by molar-refractivity contribution is 0.0635. The van der Waals surface area contributed by atoms with E-state index in [1.807, 2.05) is 32.9 Å². The van der Waals surface area contributed by atoms with Crippen LogP contribution in [0.5, 0.6) is 11.5 Å². The number of halogens is 2. The first-order valence-corrected chi connectivity index (χ1v) is 23.2. The highest BCUT2D eigenvalue weighted by Gasteiger charge is 2.32. The van der Waals surface area contributed by atoms with Crippen molar-refractivity contribution >= 4 is 72.2 Å². The molecule has 6 rings (SSSR count). The molecule has 2 N–H and O–H groups in total. The van der Waals surface area contributed by atoms with Gasteiger partial charge in [-0.05, 0) is 118 Å². The number of piperidine rings is 1. The van der Waals surface area contributed by atoms with E-state index < -0.39 is 21.7 Å². The third-order valence-corrected chi connectivity index (χ3v) is 12.8. The number of fused-ring (bicyclic) bond motifs is 1. The number of carbonyl (C=O) groups is 1. The third kappa shape index (κ3) is 11.4. The molecule has 3 aliphatic rings. The molecule has 0 spiro atoms. The highest BCUT2D eigenvalue weighted by Crippen LogP contribution is 2.44. The van der Waals surface area contributed by atoms with Crippen molar-refractivity contribution in [3.8, 4) is 11.5 Å². The number of likely N-dealkylation sites (N-methyl/N-ethyl adjacent to an activating group) is 1. The number of amides is 1. The molecule has 0 unspecified atom stereocenters. The Balaban J connectivity index is 1.08. The maximum absolute atomic E-state index is 12.8. The van der Waals surface area contributed by atoms with Crippen LogP contribution in [0, 0.1) is 0 Å². The van der Waals surface area contributed by atoms with Crippen LogP contribution in [0.3, 0.4) is 0 Å². The minimum absolute atomic E-state index is 0.0727. The zero-order chi connectivity index (χ0) is 41.6. The Kier molecular flexibility index (Phi) is 14.6. The first-order chi connectivity index (χ1) is 27.6. The average Bonchev–Trinajstić information content (AvgIpc) is 3.64. The third-order valence-electron chi connectivity index (χ3n) is 10.9. The molecule has 1 amide bonds. The number of hydrogen-bond donors (Lipinski definition) is 2. The molecular formula is C41H58BrClN8O6S. The van der Waals surface area contributed by atoms with Crippen molar-refractivity contribution < 1.29 is 27.4 Å². The fourth-order valence-electron chi connectivity index (χ4n) is 8.00. The van der Waals surface area contributed by atoms with Gasteiger partial charge in [-0.1, -0.05) is 12.8 Å². The van der Waals surface area contributed by atoms with Gasteiger partial charge in [0.2, 0.25) is 15.3 Å². The number of sulfonamides is 1. The second-order valence-electron chi connectivity index (χ2n) is 16.4. The van der Waals surface area contributed by atoms with Gasteiger partial charge < -0.3 is 29.3 Å². The van der Waals surface area contributed by atoms with Crippen LogP contribution in [-0.4, -0.2) is 119 Å². The van der Waals surface area contributed by atoms with Gasteiger partial charge in [-0.3, -0.25) is 14.5 Å². The molecule has 3 aromatic rings. The Morgan fingerprint density at radius 1 is 0.983 bits per heavy atom. The summed E-state index contributed by atoms with van der Waals surface area (Å²) in [5.41, 5.74) is 4.30. The Morgan fingerprint density at radius 3 is 2.40 bits per heavy atom. The molecule has 0 saturated carbocycles. The number of piperazine rings is 1. The van der Waals surface area contributed by atoms with E-state index in [0.717, 1.165) is 95.5 Å². The summed E-state index contributed by atoms with van der Waals surface area (Å²) >= 11 is 9.49. The van der Waals surface area contributed by atoms with Gasteiger partial charge in [-0.15, -0.1) is 0 Å². The van der Waals surface area contributed by atoms with Crippen LogP contribution in [0.4, 0.5) is 33.4 Å². The number of aromatic nitrogens is 2. The number of benzene rings is 2. The number of nitrogens with one attached hydrogen (secondary N) is 2. The van der Waals surface area contributed by atoms with Crippen LogP contribution in [0.25, 0.3) is 0 Å². The summed E-state index contributed by atoms with van der Waals surface area (Å²) in [6, 6.07) is 8.44. The van der Waals surface area contributed by atoms with Gasteiger partial charge >= 0.3 is 6.09 Å². The lowest BCUT2D eigenvalue weighted by atomic mass is 9.98. The van der Waals surface area contributed by atoms with E-state index in [-0.39, 0.29) is 5.28 Å². The predicted molar refractivity (Wildman–Crippen MR) is 235 cm³/mol. The summed E-state index contributed by atoms with van der Waals surface area (Å²) in [6.07, 6.45) is 9.61. The molecule has 2 saturated heterocycles. The highest BCUT2D eigenvalue weighted by molar-refractivity contribution is 9.10. The Morgan fingerprint density at radius 2 is 1.71 bits per heavy atom. The number of nitrogens with zero attached hydrogens (tertiary/aromatic N) is 6. The molecule has 318 valence electrons. The van der Waals surface area contributed by atoms with E-state index in [2.05, 4.69) is 70.4 Å². The molecule has 2 aromatic carbocycles. The van der Waals surface area contributed by atoms with Crippen molar-refractivity contribution in [2.24, 2.45) is 0 Å². The van der Waals surface area contributed by atoms with Crippen LogP contribution >= 0.6 is 27.5 Å². The van der Waals surface area contributed by atoms with E-state index in [0.29, 0.717) is 64.5 Å². The first-order valence-electron chi connectivity index (χ1n) is 20.2. The molecule has 0 atom stereocenters. The van der Waals surface area contributed by atoms with Gasteiger partial charge in [0.1, 0.15) is 22.9 Å². The number of rotatable bonds is 15. The van der Waals surface area contributed by atoms with Crippen molar-refractivity contribution in [1.82, 2.24) is 19.8 Å². The lowest BCUT2D eigenvalue weighted by Crippen LogP contribution is -2.52. The molecule has 1 aromatic heterocycles. The van der Waals surface area contributed by atoms with Crippen molar-refractivity contribution in [2.45, 2.75) is 83.8 Å². The van der Waals surface area contributed by atoms with Gasteiger partial charge in [-0.25, -0.2) is 18.2 Å². The fraction of sp³-hybridized carbons (Fsp3) is 0.585. The van der Waals surface area contributed by atoms with Gasteiger partial charge in [0.25, 0.3) is 0 Å². The summed E-state index contributed by atoms with van der Waals surface area (Å²) in [7, 11) is 0.299. The molecule has 14 nitrogen and oxygen atoms in total. The van der Waals surface area contributed by atoms with E-state index in [1.165, 1.54) is 16.1 Å². The van der Waals surface area contributed by atoms with Crippen molar-refractivity contribution in [3.63, 3.8) is 0 Å². The number of ether oxygens (including phenoxy) is 3. The SMILES string of the molecule is COc1cc(N2CCC(N3CCN(C)CC3)CC2)c(CCCCCCOc2ccc(Nc3nc(Cl)ncc3Br)c3c2CCN3S(C)(=O)=O)cc1NC(=O)OC(C)(C)C. The smallest absolute Gasteiger partial charge is 0.412 e.